The lowest BCUT2D eigenvalue weighted by atomic mass is 9.72. The number of likely N-dealkylation sites (tertiary alicyclic amines) is 1. The maximum absolute atomic E-state index is 13.2. The van der Waals surface area contributed by atoms with Gasteiger partial charge >= 0.3 is 0 Å². The monoisotopic (exact) mass is 439 g/mol. The molecule has 1 N–H and O–H groups in total. The molecule has 2 aromatic rings. The molecule has 1 aliphatic carbocycles. The number of benzene rings is 2. The predicted molar refractivity (Wildman–Crippen MR) is 127 cm³/mol. The molecule has 2 aromatic carbocycles. The van der Waals surface area contributed by atoms with E-state index < -0.39 is 0 Å². The van der Waals surface area contributed by atoms with E-state index in [0.29, 0.717) is 17.4 Å². The van der Waals surface area contributed by atoms with Gasteiger partial charge in [-0.1, -0.05) is 68.3 Å². The van der Waals surface area contributed by atoms with Crippen LogP contribution >= 0.6 is 11.6 Å². The van der Waals surface area contributed by atoms with Crippen LogP contribution in [0.2, 0.25) is 5.02 Å². The summed E-state index contributed by atoms with van der Waals surface area (Å²) in [4.78, 5) is 15.3. The van der Waals surface area contributed by atoms with Crippen molar-refractivity contribution in [3.05, 3.63) is 58.6 Å². The van der Waals surface area contributed by atoms with Crippen LogP contribution in [0.25, 0.3) is 11.1 Å². The van der Waals surface area contributed by atoms with Crippen LogP contribution in [0.15, 0.2) is 42.5 Å². The third kappa shape index (κ3) is 4.83. The lowest BCUT2D eigenvalue weighted by Gasteiger charge is -2.40. The average molecular weight is 440 g/mol. The standard InChI is InChI=1S/C27H34ClNO2/c1-3-27(2)13-10-24(11-14-27)29-15-12-23(26(29)31)16-22-9-8-21(17-25(22)28)20-6-4-19(18-30)5-7-20/h4-9,17,23-24,30H,3,10-16,18H2,1-2H3. The lowest BCUT2D eigenvalue weighted by molar-refractivity contribution is -0.133. The first-order valence-electron chi connectivity index (χ1n) is 11.7. The van der Waals surface area contributed by atoms with Crippen molar-refractivity contribution in [2.45, 2.75) is 71.4 Å². The molecule has 1 saturated heterocycles. The summed E-state index contributed by atoms with van der Waals surface area (Å²) in [5.41, 5.74) is 4.55. The van der Waals surface area contributed by atoms with Crippen molar-refractivity contribution in [1.29, 1.82) is 0 Å². The summed E-state index contributed by atoms with van der Waals surface area (Å²) in [6, 6.07) is 14.4. The summed E-state index contributed by atoms with van der Waals surface area (Å²) in [5.74, 6) is 0.372. The van der Waals surface area contributed by atoms with Gasteiger partial charge in [0.2, 0.25) is 5.91 Å². The van der Waals surface area contributed by atoms with E-state index in [9.17, 15) is 9.90 Å². The van der Waals surface area contributed by atoms with Gasteiger partial charge in [-0.2, -0.15) is 0 Å². The first kappa shape index (κ1) is 22.4. The lowest BCUT2D eigenvalue weighted by Crippen LogP contribution is -2.41. The van der Waals surface area contributed by atoms with Crippen LogP contribution in [0.1, 0.15) is 63.5 Å². The van der Waals surface area contributed by atoms with E-state index in [1.807, 2.05) is 30.3 Å². The number of rotatable bonds is 6. The van der Waals surface area contributed by atoms with Crippen molar-refractivity contribution in [3.63, 3.8) is 0 Å². The highest BCUT2D eigenvalue weighted by Gasteiger charge is 2.39. The second kappa shape index (κ2) is 9.34. The summed E-state index contributed by atoms with van der Waals surface area (Å²) in [7, 11) is 0. The number of hydrogen-bond acceptors (Lipinski definition) is 2. The normalized spacial score (nSPS) is 26.5. The topological polar surface area (TPSA) is 40.5 Å². The molecule has 2 aliphatic rings. The first-order chi connectivity index (χ1) is 14.9. The zero-order chi connectivity index (χ0) is 22.0. The quantitative estimate of drug-likeness (QED) is 0.577. The fraction of sp³-hybridized carbons (Fsp3) is 0.519. The Morgan fingerprint density at radius 3 is 2.35 bits per heavy atom. The molecule has 1 heterocycles. The third-order valence-electron chi connectivity index (χ3n) is 7.80. The molecule has 166 valence electrons. The molecule has 4 rings (SSSR count). The molecular weight excluding hydrogens is 406 g/mol. The summed E-state index contributed by atoms with van der Waals surface area (Å²) in [6.45, 7) is 5.62. The van der Waals surface area contributed by atoms with Crippen molar-refractivity contribution >= 4 is 17.5 Å². The van der Waals surface area contributed by atoms with Gasteiger partial charge in [0.15, 0.2) is 0 Å². The maximum atomic E-state index is 13.2. The molecule has 1 saturated carbocycles. The summed E-state index contributed by atoms with van der Waals surface area (Å²) < 4.78 is 0. The van der Waals surface area contributed by atoms with E-state index in [0.717, 1.165) is 59.5 Å². The van der Waals surface area contributed by atoms with Crippen LogP contribution < -0.4 is 0 Å². The van der Waals surface area contributed by atoms with Gasteiger partial charge in [-0.05, 0) is 72.3 Å². The Morgan fingerprint density at radius 2 is 1.74 bits per heavy atom. The molecule has 0 bridgehead atoms. The summed E-state index contributed by atoms with van der Waals surface area (Å²) in [5, 5.41) is 9.95. The number of aliphatic hydroxyl groups excluding tert-OH is 1. The smallest absolute Gasteiger partial charge is 0.226 e. The molecule has 3 nitrogen and oxygen atoms in total. The van der Waals surface area contributed by atoms with Crippen LogP contribution in [0.4, 0.5) is 0 Å². The number of carbonyl (C=O) groups is 1. The van der Waals surface area contributed by atoms with Crippen LogP contribution in [-0.4, -0.2) is 28.5 Å². The van der Waals surface area contributed by atoms with Gasteiger partial charge < -0.3 is 10.0 Å². The Hall–Kier alpha value is -1.84. The molecule has 1 atom stereocenters. The van der Waals surface area contributed by atoms with E-state index in [-0.39, 0.29) is 12.5 Å². The Bertz CT molecular complexity index is 915. The minimum atomic E-state index is 0.0468. The minimum absolute atomic E-state index is 0.0468. The highest BCUT2D eigenvalue weighted by Crippen LogP contribution is 2.41. The van der Waals surface area contributed by atoms with Crippen molar-refractivity contribution in [2.75, 3.05) is 6.54 Å². The summed E-state index contributed by atoms with van der Waals surface area (Å²) >= 11 is 6.63. The Kier molecular flexibility index (Phi) is 6.74. The zero-order valence-corrected chi connectivity index (χ0v) is 19.5. The highest BCUT2D eigenvalue weighted by atomic mass is 35.5. The molecule has 4 heteroatoms. The SMILES string of the molecule is CCC1(C)CCC(N2CCC(Cc3ccc(-c4ccc(CO)cc4)cc3Cl)C2=O)CC1. The van der Waals surface area contributed by atoms with Crippen molar-refractivity contribution in [1.82, 2.24) is 4.90 Å². The van der Waals surface area contributed by atoms with Crippen LogP contribution in [0, 0.1) is 11.3 Å². The van der Waals surface area contributed by atoms with E-state index in [4.69, 9.17) is 11.6 Å². The molecule has 1 unspecified atom stereocenters. The molecule has 1 aliphatic heterocycles. The molecule has 31 heavy (non-hydrogen) atoms. The molecule has 0 aromatic heterocycles. The van der Waals surface area contributed by atoms with Crippen LogP contribution in [0.5, 0.6) is 0 Å². The number of amides is 1. The average Bonchev–Trinajstić information content (AvgIpc) is 3.16. The Balaban J connectivity index is 1.40. The first-order valence-corrected chi connectivity index (χ1v) is 12.1. The number of carbonyl (C=O) groups excluding carboxylic acids is 1. The van der Waals surface area contributed by atoms with Crippen molar-refractivity contribution in [3.8, 4) is 11.1 Å². The van der Waals surface area contributed by atoms with Crippen LogP contribution in [0.3, 0.4) is 0 Å². The van der Waals surface area contributed by atoms with Crippen molar-refractivity contribution in [2.24, 2.45) is 11.3 Å². The van der Waals surface area contributed by atoms with Gasteiger partial charge in [-0.15, -0.1) is 0 Å². The van der Waals surface area contributed by atoms with Gasteiger partial charge in [-0.3, -0.25) is 4.79 Å². The maximum Gasteiger partial charge on any atom is 0.226 e. The fourth-order valence-corrected chi connectivity index (χ4v) is 5.50. The number of aliphatic hydroxyl groups is 1. The number of hydrogen-bond donors (Lipinski definition) is 1. The van der Waals surface area contributed by atoms with Crippen molar-refractivity contribution < 1.29 is 9.90 Å². The molecule has 0 spiro atoms. The van der Waals surface area contributed by atoms with E-state index >= 15 is 0 Å². The number of nitrogens with zero attached hydrogens (tertiary/aromatic N) is 1. The highest BCUT2D eigenvalue weighted by molar-refractivity contribution is 6.31. The van der Waals surface area contributed by atoms with E-state index in [1.165, 1.54) is 19.3 Å². The number of halogens is 1. The van der Waals surface area contributed by atoms with Gasteiger partial charge in [0.05, 0.1) is 6.61 Å². The Labute approximate surface area is 191 Å². The summed E-state index contributed by atoms with van der Waals surface area (Å²) in [6.07, 6.45) is 7.64. The van der Waals surface area contributed by atoms with Crippen LogP contribution in [-0.2, 0) is 17.8 Å². The Morgan fingerprint density at radius 1 is 1.06 bits per heavy atom. The second-order valence-electron chi connectivity index (χ2n) is 9.78. The molecule has 2 fully saturated rings. The van der Waals surface area contributed by atoms with Gasteiger partial charge in [0.25, 0.3) is 0 Å². The second-order valence-corrected chi connectivity index (χ2v) is 10.2. The third-order valence-corrected chi connectivity index (χ3v) is 8.15. The zero-order valence-electron chi connectivity index (χ0n) is 18.7. The van der Waals surface area contributed by atoms with Gasteiger partial charge in [-0.25, -0.2) is 0 Å². The van der Waals surface area contributed by atoms with E-state index in [1.54, 1.807) is 0 Å². The van der Waals surface area contributed by atoms with Gasteiger partial charge in [0, 0.05) is 23.5 Å². The minimum Gasteiger partial charge on any atom is -0.392 e. The van der Waals surface area contributed by atoms with E-state index in [2.05, 4.69) is 30.9 Å². The largest absolute Gasteiger partial charge is 0.392 e. The van der Waals surface area contributed by atoms with Gasteiger partial charge in [0.1, 0.15) is 0 Å². The molecule has 1 amide bonds. The fourth-order valence-electron chi connectivity index (χ4n) is 5.24. The molecule has 0 radical (unpaired) electrons. The predicted octanol–water partition coefficient (Wildman–Crippen LogP) is 6.25. The molecular formula is C27H34ClNO2.